The molecule has 6 N–H and O–H groups in total. The fourth-order valence-corrected chi connectivity index (χ4v) is 3.11. The van der Waals surface area contributed by atoms with E-state index in [0.717, 1.165) is 4.90 Å². The molecule has 2 atom stereocenters. The summed E-state index contributed by atoms with van der Waals surface area (Å²) < 4.78 is 0. The summed E-state index contributed by atoms with van der Waals surface area (Å²) in [5.41, 5.74) is 12.4. The largest absolute Gasteiger partial charge is 0.508 e. The third kappa shape index (κ3) is 6.13. The van der Waals surface area contributed by atoms with E-state index in [1.165, 1.54) is 24.3 Å². The van der Waals surface area contributed by atoms with Gasteiger partial charge in [-0.05, 0) is 62.1 Å². The van der Waals surface area contributed by atoms with Gasteiger partial charge in [-0.2, -0.15) is 0 Å². The van der Waals surface area contributed by atoms with Crippen molar-refractivity contribution >= 4 is 17.8 Å². The molecule has 0 bridgehead atoms. The van der Waals surface area contributed by atoms with Crippen LogP contribution in [0.15, 0.2) is 54.6 Å². The van der Waals surface area contributed by atoms with Crippen LogP contribution < -0.4 is 11.5 Å². The van der Waals surface area contributed by atoms with Gasteiger partial charge in [0, 0.05) is 5.56 Å². The number of phenols is 1. The lowest BCUT2D eigenvalue weighted by Gasteiger charge is -2.29. The Kier molecular flexibility index (Phi) is 8.52. The first-order valence-corrected chi connectivity index (χ1v) is 9.74. The number of nitrogens with two attached hydrogens (primary N) is 2. The van der Waals surface area contributed by atoms with Gasteiger partial charge in [-0.3, -0.25) is 14.5 Å². The number of carboxylic acid groups (broad SMARTS) is 1. The minimum absolute atomic E-state index is 0.0744. The van der Waals surface area contributed by atoms with Crippen molar-refractivity contribution < 1.29 is 24.6 Å². The molecule has 8 nitrogen and oxygen atoms in total. The Balaban J connectivity index is 2.32. The number of unbranched alkanes of at least 4 members (excludes halogenated alkanes) is 1. The second-order valence-corrected chi connectivity index (χ2v) is 6.99. The van der Waals surface area contributed by atoms with Crippen molar-refractivity contribution in [1.82, 2.24) is 4.90 Å². The zero-order chi connectivity index (χ0) is 22.1. The summed E-state index contributed by atoms with van der Waals surface area (Å²) in [6.07, 6.45) is 1.20. The highest BCUT2D eigenvalue weighted by atomic mass is 16.4. The van der Waals surface area contributed by atoms with Crippen LogP contribution in [0.2, 0.25) is 0 Å². The van der Waals surface area contributed by atoms with Crippen LogP contribution in [-0.4, -0.2) is 51.5 Å². The molecule has 0 saturated heterocycles. The number of rotatable bonds is 10. The molecule has 0 radical (unpaired) electrons. The first-order valence-electron chi connectivity index (χ1n) is 9.74. The molecule has 0 fully saturated rings. The highest BCUT2D eigenvalue weighted by Crippen LogP contribution is 2.18. The molecule has 0 spiro atoms. The zero-order valence-corrected chi connectivity index (χ0v) is 16.6. The van der Waals surface area contributed by atoms with Crippen molar-refractivity contribution in [3.8, 4) is 5.75 Å². The molecular weight excluding hydrogens is 386 g/mol. The van der Waals surface area contributed by atoms with Crippen LogP contribution in [0.25, 0.3) is 0 Å². The number of carbonyl (C=O) groups excluding carboxylic acids is 2. The zero-order valence-electron chi connectivity index (χ0n) is 16.6. The van der Waals surface area contributed by atoms with Gasteiger partial charge in [-0.15, -0.1) is 0 Å². The molecule has 0 saturated carbocycles. The summed E-state index contributed by atoms with van der Waals surface area (Å²) in [6.45, 7) is 0.382. The number of amides is 2. The van der Waals surface area contributed by atoms with Gasteiger partial charge in [0.25, 0.3) is 5.91 Å². The maximum absolute atomic E-state index is 13.2. The summed E-state index contributed by atoms with van der Waals surface area (Å²) in [5.74, 6) is -2.68. The Labute approximate surface area is 175 Å². The van der Waals surface area contributed by atoms with E-state index in [4.69, 9.17) is 11.5 Å². The van der Waals surface area contributed by atoms with Gasteiger partial charge in [-0.1, -0.05) is 30.3 Å². The summed E-state index contributed by atoms with van der Waals surface area (Å²) in [6, 6.07) is 11.7. The number of aliphatic carboxylic acids is 1. The van der Waals surface area contributed by atoms with Crippen LogP contribution in [0.3, 0.4) is 0 Å². The van der Waals surface area contributed by atoms with E-state index in [1.807, 2.05) is 0 Å². The number of nitrogens with zero attached hydrogens (tertiary/aromatic N) is 1. The van der Waals surface area contributed by atoms with Crippen LogP contribution in [-0.2, 0) is 16.0 Å². The molecule has 160 valence electrons. The van der Waals surface area contributed by atoms with Gasteiger partial charge < -0.3 is 21.7 Å². The number of benzene rings is 2. The molecule has 0 aliphatic carbocycles. The summed E-state index contributed by atoms with van der Waals surface area (Å²) in [5, 5.41) is 19.1. The lowest BCUT2D eigenvalue weighted by molar-refractivity contribution is -0.148. The SMILES string of the molecule is NCCCC[C@@H](C(=O)O)N(C(=O)c1ccccc1)C(=O)[C@@H](N)Cc1ccc(O)cc1. The Hall–Kier alpha value is -3.23. The highest BCUT2D eigenvalue weighted by Gasteiger charge is 2.37. The number of imide groups is 1. The van der Waals surface area contributed by atoms with Gasteiger partial charge in [0.05, 0.1) is 6.04 Å². The van der Waals surface area contributed by atoms with Crippen LogP contribution in [0.5, 0.6) is 5.75 Å². The van der Waals surface area contributed by atoms with Gasteiger partial charge in [-0.25, -0.2) is 4.79 Å². The molecule has 30 heavy (non-hydrogen) atoms. The van der Waals surface area contributed by atoms with Gasteiger partial charge >= 0.3 is 5.97 Å². The van der Waals surface area contributed by atoms with Crippen molar-refractivity contribution in [2.24, 2.45) is 11.5 Å². The predicted octanol–water partition coefficient (Wildman–Crippen LogP) is 1.51. The van der Waals surface area contributed by atoms with Gasteiger partial charge in [0.2, 0.25) is 5.91 Å². The molecule has 0 aliphatic heterocycles. The van der Waals surface area contributed by atoms with Gasteiger partial charge in [0.1, 0.15) is 11.8 Å². The van der Waals surface area contributed by atoms with E-state index >= 15 is 0 Å². The molecule has 0 unspecified atom stereocenters. The monoisotopic (exact) mass is 413 g/mol. The number of carbonyl (C=O) groups is 3. The van der Waals surface area contributed by atoms with Crippen molar-refractivity contribution in [2.45, 2.75) is 37.8 Å². The maximum Gasteiger partial charge on any atom is 0.326 e. The maximum atomic E-state index is 13.2. The number of hydrogen-bond donors (Lipinski definition) is 4. The van der Waals surface area contributed by atoms with Crippen molar-refractivity contribution in [1.29, 1.82) is 0 Å². The van der Waals surface area contributed by atoms with Crippen molar-refractivity contribution in [3.05, 3.63) is 65.7 Å². The van der Waals surface area contributed by atoms with E-state index in [-0.39, 0.29) is 24.2 Å². The van der Waals surface area contributed by atoms with Crippen LogP contribution in [0.1, 0.15) is 35.2 Å². The first kappa shape index (κ1) is 23.1. The topological polar surface area (TPSA) is 147 Å². The standard InChI is InChI=1S/C22H27N3O5/c23-13-5-4-8-19(22(29)30)25(20(27)16-6-2-1-3-7-16)21(28)18(24)14-15-9-11-17(26)12-10-15/h1-3,6-7,9-12,18-19,26H,4-5,8,13-14,23-24H2,(H,29,30)/t18-,19-/m0/s1. The van der Waals surface area contributed by atoms with E-state index < -0.39 is 29.9 Å². The average molecular weight is 413 g/mol. The summed E-state index contributed by atoms with van der Waals surface area (Å²) in [4.78, 5) is 39.0. The summed E-state index contributed by atoms with van der Waals surface area (Å²) in [7, 11) is 0. The van der Waals surface area contributed by atoms with Crippen LogP contribution in [0.4, 0.5) is 0 Å². The average Bonchev–Trinajstić information content (AvgIpc) is 2.74. The molecule has 2 amide bonds. The van der Waals surface area contributed by atoms with Gasteiger partial charge in [0.15, 0.2) is 0 Å². The fourth-order valence-electron chi connectivity index (χ4n) is 3.11. The predicted molar refractivity (Wildman–Crippen MR) is 112 cm³/mol. The Morgan fingerprint density at radius 1 is 0.967 bits per heavy atom. The second kappa shape index (κ2) is 11.1. The Bertz CT molecular complexity index is 855. The fraction of sp³-hybridized carbons (Fsp3) is 0.318. The normalized spacial score (nSPS) is 12.7. The molecule has 0 aliphatic rings. The minimum Gasteiger partial charge on any atom is -0.508 e. The Morgan fingerprint density at radius 2 is 1.60 bits per heavy atom. The third-order valence-corrected chi connectivity index (χ3v) is 4.71. The van der Waals surface area contributed by atoms with E-state index in [2.05, 4.69) is 0 Å². The first-order chi connectivity index (χ1) is 14.3. The molecule has 8 heteroatoms. The lowest BCUT2D eigenvalue weighted by atomic mass is 10.0. The Morgan fingerprint density at radius 3 is 2.17 bits per heavy atom. The van der Waals surface area contributed by atoms with E-state index in [9.17, 15) is 24.6 Å². The number of aromatic hydroxyl groups is 1. The molecule has 2 aromatic carbocycles. The van der Waals surface area contributed by atoms with Crippen molar-refractivity contribution in [2.75, 3.05) is 6.54 Å². The number of carboxylic acids is 1. The minimum atomic E-state index is -1.34. The van der Waals surface area contributed by atoms with E-state index in [1.54, 1.807) is 30.3 Å². The van der Waals surface area contributed by atoms with E-state index in [0.29, 0.717) is 24.9 Å². The lowest BCUT2D eigenvalue weighted by Crippen LogP contribution is -2.54. The third-order valence-electron chi connectivity index (χ3n) is 4.71. The number of phenolic OH excluding ortho intramolecular Hbond substituents is 1. The molecule has 2 aromatic rings. The summed E-state index contributed by atoms with van der Waals surface area (Å²) >= 11 is 0. The molecule has 0 heterocycles. The smallest absolute Gasteiger partial charge is 0.326 e. The number of hydrogen-bond acceptors (Lipinski definition) is 6. The van der Waals surface area contributed by atoms with Crippen LogP contribution in [0, 0.1) is 0 Å². The second-order valence-electron chi connectivity index (χ2n) is 6.99. The quantitative estimate of drug-likeness (QED) is 0.432. The molecule has 2 rings (SSSR count). The molecular formula is C22H27N3O5. The van der Waals surface area contributed by atoms with Crippen LogP contribution >= 0.6 is 0 Å². The van der Waals surface area contributed by atoms with Crippen molar-refractivity contribution in [3.63, 3.8) is 0 Å². The highest BCUT2D eigenvalue weighted by molar-refractivity contribution is 6.08. The molecule has 0 aromatic heterocycles.